The number of piperidine rings is 1. The van der Waals surface area contributed by atoms with Gasteiger partial charge >= 0.3 is 0 Å². The van der Waals surface area contributed by atoms with Crippen LogP contribution in [0.1, 0.15) is 44.9 Å². The van der Waals surface area contributed by atoms with Crippen molar-refractivity contribution in [3.63, 3.8) is 0 Å². The highest BCUT2D eigenvalue weighted by Crippen LogP contribution is 2.22. The van der Waals surface area contributed by atoms with Gasteiger partial charge in [-0.15, -0.1) is 0 Å². The largest absolute Gasteiger partial charge is 0.387 e. The fourth-order valence-electron chi connectivity index (χ4n) is 2.51. The van der Waals surface area contributed by atoms with Crippen LogP contribution < -0.4 is 4.90 Å². The first kappa shape index (κ1) is 14.3. The first-order valence-electron chi connectivity index (χ1n) is 7.25. The number of nitrogens with zero attached hydrogens (tertiary/aromatic N) is 2. The maximum atomic E-state index is 9.73. The van der Waals surface area contributed by atoms with Crippen molar-refractivity contribution in [2.45, 2.75) is 45.3 Å². The lowest BCUT2D eigenvalue weighted by molar-refractivity contribution is 0.0459. The SMILES string of the molecule is CCOC1CCN(c2ccc([C@@H](O)CC)nc2)CC1. The minimum atomic E-state index is -0.447. The summed E-state index contributed by atoms with van der Waals surface area (Å²) in [5.74, 6) is 0. The molecule has 0 saturated carbocycles. The number of pyridine rings is 1. The third-order valence-electron chi connectivity index (χ3n) is 3.71. The number of hydrogen-bond donors (Lipinski definition) is 1. The number of aliphatic hydroxyl groups is 1. The normalized spacial score (nSPS) is 18.6. The van der Waals surface area contributed by atoms with E-state index < -0.39 is 6.10 Å². The van der Waals surface area contributed by atoms with Crippen LogP contribution in [0, 0.1) is 0 Å². The first-order chi connectivity index (χ1) is 9.24. The second-order valence-electron chi connectivity index (χ2n) is 5.01. The van der Waals surface area contributed by atoms with Crippen LogP contribution in [0.4, 0.5) is 5.69 Å². The summed E-state index contributed by atoms with van der Waals surface area (Å²) in [6.45, 7) is 6.84. The van der Waals surface area contributed by atoms with E-state index in [1.165, 1.54) is 0 Å². The summed E-state index contributed by atoms with van der Waals surface area (Å²) >= 11 is 0. The molecule has 1 aromatic heterocycles. The molecule has 0 unspecified atom stereocenters. The number of aromatic nitrogens is 1. The Kier molecular flexibility index (Phi) is 5.16. The van der Waals surface area contributed by atoms with Gasteiger partial charge in [0.2, 0.25) is 0 Å². The molecule has 1 fully saturated rings. The van der Waals surface area contributed by atoms with E-state index in [2.05, 4.69) is 16.0 Å². The highest BCUT2D eigenvalue weighted by Gasteiger charge is 2.19. The average molecular weight is 264 g/mol. The van der Waals surface area contributed by atoms with Crippen molar-refractivity contribution in [2.24, 2.45) is 0 Å². The molecule has 1 saturated heterocycles. The van der Waals surface area contributed by atoms with Crippen LogP contribution in [-0.2, 0) is 4.74 Å². The van der Waals surface area contributed by atoms with E-state index in [1.54, 1.807) is 0 Å². The molecule has 2 heterocycles. The number of anilines is 1. The second kappa shape index (κ2) is 6.87. The van der Waals surface area contributed by atoms with E-state index in [-0.39, 0.29) is 0 Å². The third kappa shape index (κ3) is 3.67. The Balaban J connectivity index is 1.92. The van der Waals surface area contributed by atoms with Crippen molar-refractivity contribution in [3.05, 3.63) is 24.0 Å². The predicted molar refractivity (Wildman–Crippen MR) is 76.3 cm³/mol. The maximum Gasteiger partial charge on any atom is 0.0957 e. The summed E-state index contributed by atoms with van der Waals surface area (Å²) < 4.78 is 5.66. The summed E-state index contributed by atoms with van der Waals surface area (Å²) in [7, 11) is 0. The van der Waals surface area contributed by atoms with Gasteiger partial charge in [-0.25, -0.2) is 0 Å². The molecule has 0 spiro atoms. The van der Waals surface area contributed by atoms with E-state index in [1.807, 2.05) is 26.1 Å². The van der Waals surface area contributed by atoms with E-state index in [4.69, 9.17) is 4.74 Å². The fraction of sp³-hybridized carbons (Fsp3) is 0.667. The van der Waals surface area contributed by atoms with Gasteiger partial charge in [-0.05, 0) is 38.3 Å². The van der Waals surface area contributed by atoms with Gasteiger partial charge in [0.15, 0.2) is 0 Å². The molecule has 19 heavy (non-hydrogen) atoms. The van der Waals surface area contributed by atoms with Gasteiger partial charge in [0.05, 0.1) is 29.8 Å². The fourth-order valence-corrected chi connectivity index (χ4v) is 2.51. The van der Waals surface area contributed by atoms with E-state index >= 15 is 0 Å². The molecule has 1 N–H and O–H groups in total. The van der Waals surface area contributed by atoms with Gasteiger partial charge in [-0.1, -0.05) is 6.92 Å². The molecule has 0 bridgehead atoms. The lowest BCUT2D eigenvalue weighted by atomic mass is 10.1. The Labute approximate surface area is 115 Å². The third-order valence-corrected chi connectivity index (χ3v) is 3.71. The van der Waals surface area contributed by atoms with Crippen molar-refractivity contribution < 1.29 is 9.84 Å². The molecule has 0 radical (unpaired) electrons. The number of aliphatic hydroxyl groups excluding tert-OH is 1. The molecule has 1 aromatic rings. The van der Waals surface area contributed by atoms with Gasteiger partial charge in [0.25, 0.3) is 0 Å². The van der Waals surface area contributed by atoms with Crippen LogP contribution in [0.15, 0.2) is 18.3 Å². The van der Waals surface area contributed by atoms with E-state index in [9.17, 15) is 5.11 Å². The summed E-state index contributed by atoms with van der Waals surface area (Å²) in [4.78, 5) is 6.70. The molecule has 0 aliphatic carbocycles. The summed E-state index contributed by atoms with van der Waals surface area (Å²) in [5, 5.41) is 9.73. The molecule has 1 atom stereocenters. The van der Waals surface area contributed by atoms with Crippen LogP contribution in [0.2, 0.25) is 0 Å². The minimum Gasteiger partial charge on any atom is -0.387 e. The highest BCUT2D eigenvalue weighted by molar-refractivity contribution is 5.45. The Bertz CT molecular complexity index is 372. The summed E-state index contributed by atoms with van der Waals surface area (Å²) in [6.07, 6.45) is 4.69. The average Bonchev–Trinajstić information content (AvgIpc) is 2.48. The van der Waals surface area contributed by atoms with Crippen LogP contribution in [0.3, 0.4) is 0 Å². The zero-order chi connectivity index (χ0) is 13.7. The standard InChI is InChI=1S/C15H24N2O2/c1-3-15(18)14-6-5-12(11-16-14)17-9-7-13(8-10-17)19-4-2/h5-6,11,13,15,18H,3-4,7-10H2,1-2H3/t15-/m0/s1. The monoisotopic (exact) mass is 264 g/mol. The number of hydrogen-bond acceptors (Lipinski definition) is 4. The van der Waals surface area contributed by atoms with Crippen molar-refractivity contribution in [3.8, 4) is 0 Å². The maximum absolute atomic E-state index is 9.73. The van der Waals surface area contributed by atoms with Crippen molar-refractivity contribution in [2.75, 3.05) is 24.6 Å². The molecule has 2 rings (SSSR count). The lowest BCUT2D eigenvalue weighted by Crippen LogP contribution is -2.37. The molecule has 0 aromatic carbocycles. The Morgan fingerprint density at radius 2 is 2.11 bits per heavy atom. The summed E-state index contributed by atoms with van der Waals surface area (Å²) in [6, 6.07) is 3.99. The lowest BCUT2D eigenvalue weighted by Gasteiger charge is -2.33. The smallest absolute Gasteiger partial charge is 0.0957 e. The van der Waals surface area contributed by atoms with E-state index in [0.717, 1.165) is 43.9 Å². The molecule has 1 aliphatic heterocycles. The van der Waals surface area contributed by atoms with Crippen molar-refractivity contribution in [1.29, 1.82) is 0 Å². The summed E-state index contributed by atoms with van der Waals surface area (Å²) in [5.41, 5.74) is 1.90. The number of rotatable bonds is 5. The van der Waals surface area contributed by atoms with Gasteiger partial charge < -0.3 is 14.7 Å². The van der Waals surface area contributed by atoms with Crippen LogP contribution in [0.25, 0.3) is 0 Å². The molecular weight excluding hydrogens is 240 g/mol. The zero-order valence-electron chi connectivity index (χ0n) is 11.9. The second-order valence-corrected chi connectivity index (χ2v) is 5.01. The molecule has 1 aliphatic rings. The molecule has 0 amide bonds. The van der Waals surface area contributed by atoms with Crippen LogP contribution in [-0.4, -0.2) is 35.9 Å². The quantitative estimate of drug-likeness (QED) is 0.887. The molecule has 4 nitrogen and oxygen atoms in total. The predicted octanol–water partition coefficient (Wildman–Crippen LogP) is 2.53. The van der Waals surface area contributed by atoms with Crippen LogP contribution >= 0.6 is 0 Å². The minimum absolute atomic E-state index is 0.412. The van der Waals surface area contributed by atoms with Gasteiger partial charge in [0, 0.05) is 19.7 Å². The molecular formula is C15H24N2O2. The topological polar surface area (TPSA) is 45.6 Å². The molecule has 4 heteroatoms. The highest BCUT2D eigenvalue weighted by atomic mass is 16.5. The zero-order valence-corrected chi connectivity index (χ0v) is 11.9. The number of ether oxygens (including phenoxy) is 1. The Morgan fingerprint density at radius 3 is 2.63 bits per heavy atom. The molecule has 106 valence electrons. The van der Waals surface area contributed by atoms with Crippen LogP contribution in [0.5, 0.6) is 0 Å². The van der Waals surface area contributed by atoms with Crippen molar-refractivity contribution in [1.82, 2.24) is 4.98 Å². The van der Waals surface area contributed by atoms with Gasteiger partial charge in [-0.2, -0.15) is 0 Å². The van der Waals surface area contributed by atoms with Crippen molar-refractivity contribution >= 4 is 5.69 Å². The van der Waals surface area contributed by atoms with Gasteiger partial charge in [0.1, 0.15) is 0 Å². The van der Waals surface area contributed by atoms with Gasteiger partial charge in [-0.3, -0.25) is 4.98 Å². The first-order valence-corrected chi connectivity index (χ1v) is 7.25. The van der Waals surface area contributed by atoms with E-state index in [0.29, 0.717) is 12.5 Å². The Morgan fingerprint density at radius 1 is 1.37 bits per heavy atom. The Hall–Kier alpha value is -1.13.